The Labute approximate surface area is 118 Å². The molecule has 0 fully saturated rings. The third-order valence-electron chi connectivity index (χ3n) is 3.89. The summed E-state index contributed by atoms with van der Waals surface area (Å²) in [6.45, 7) is 6.65. The van der Waals surface area contributed by atoms with Crippen molar-refractivity contribution in [1.82, 2.24) is 14.5 Å². The van der Waals surface area contributed by atoms with Crippen molar-refractivity contribution in [2.24, 2.45) is 5.92 Å². The van der Waals surface area contributed by atoms with Crippen molar-refractivity contribution in [2.45, 2.75) is 39.7 Å². The number of aromatic nitrogens is 3. The van der Waals surface area contributed by atoms with Crippen LogP contribution in [-0.2, 0) is 0 Å². The summed E-state index contributed by atoms with van der Waals surface area (Å²) in [4.78, 5) is 7.75. The van der Waals surface area contributed by atoms with E-state index in [9.17, 15) is 0 Å². The maximum atomic E-state index is 5.45. The van der Waals surface area contributed by atoms with E-state index in [0.717, 1.165) is 28.8 Å². The fourth-order valence-corrected chi connectivity index (χ4v) is 3.02. The van der Waals surface area contributed by atoms with Gasteiger partial charge in [0, 0.05) is 12.1 Å². The number of hydrogen-bond donors (Lipinski definition) is 1. The summed E-state index contributed by atoms with van der Waals surface area (Å²) in [5, 5.41) is 0. The van der Waals surface area contributed by atoms with Crippen LogP contribution in [0.1, 0.15) is 39.7 Å². The van der Waals surface area contributed by atoms with Gasteiger partial charge in [0.1, 0.15) is 0 Å². The van der Waals surface area contributed by atoms with E-state index in [2.05, 4.69) is 35.3 Å². The van der Waals surface area contributed by atoms with Crippen LogP contribution in [-0.4, -0.2) is 21.6 Å². The number of nitrogens with one attached hydrogen (secondary N) is 1. The molecule has 2 heterocycles. The van der Waals surface area contributed by atoms with Gasteiger partial charge in [-0.3, -0.25) is 4.57 Å². The first-order valence-corrected chi connectivity index (χ1v) is 7.18. The first-order chi connectivity index (χ1) is 9.12. The van der Waals surface area contributed by atoms with Gasteiger partial charge in [0.15, 0.2) is 10.4 Å². The summed E-state index contributed by atoms with van der Waals surface area (Å²) < 4.78 is 8.05. The Balaban J connectivity index is 2.58. The van der Waals surface area contributed by atoms with Gasteiger partial charge in [-0.05, 0) is 31.1 Å². The SMILES string of the molecule is CCC(CC)C(C)n1c(=S)[nH]c2ccc(OC)nc21. The van der Waals surface area contributed by atoms with Crippen LogP contribution in [0.4, 0.5) is 0 Å². The van der Waals surface area contributed by atoms with Gasteiger partial charge in [-0.25, -0.2) is 0 Å². The van der Waals surface area contributed by atoms with Crippen LogP contribution < -0.4 is 4.74 Å². The van der Waals surface area contributed by atoms with Gasteiger partial charge in [0.2, 0.25) is 5.88 Å². The number of ether oxygens (including phenoxy) is 1. The van der Waals surface area contributed by atoms with Gasteiger partial charge >= 0.3 is 0 Å². The van der Waals surface area contributed by atoms with Gasteiger partial charge in [0.05, 0.1) is 12.6 Å². The molecule has 1 N–H and O–H groups in total. The molecule has 0 bridgehead atoms. The molecule has 0 aliphatic rings. The highest BCUT2D eigenvalue weighted by molar-refractivity contribution is 7.71. The number of hydrogen-bond acceptors (Lipinski definition) is 3. The van der Waals surface area contributed by atoms with Crippen LogP contribution in [0.3, 0.4) is 0 Å². The fraction of sp³-hybridized carbons (Fsp3) is 0.571. The maximum Gasteiger partial charge on any atom is 0.215 e. The van der Waals surface area contributed by atoms with Crippen molar-refractivity contribution >= 4 is 23.4 Å². The molecule has 104 valence electrons. The molecule has 0 saturated carbocycles. The molecule has 19 heavy (non-hydrogen) atoms. The number of methoxy groups -OCH3 is 1. The van der Waals surface area contributed by atoms with E-state index < -0.39 is 0 Å². The van der Waals surface area contributed by atoms with Crippen LogP contribution in [0.5, 0.6) is 5.88 Å². The summed E-state index contributed by atoms with van der Waals surface area (Å²) in [6, 6.07) is 4.14. The van der Waals surface area contributed by atoms with E-state index >= 15 is 0 Å². The van der Waals surface area contributed by atoms with Gasteiger partial charge < -0.3 is 9.72 Å². The number of H-pyrrole nitrogens is 1. The largest absolute Gasteiger partial charge is 0.481 e. The summed E-state index contributed by atoms with van der Waals surface area (Å²) in [5.74, 6) is 1.21. The lowest BCUT2D eigenvalue weighted by atomic mass is 9.95. The molecule has 1 atom stereocenters. The Bertz CT molecular complexity index is 613. The molecule has 2 aromatic rings. The molecule has 0 aromatic carbocycles. The Morgan fingerprint density at radius 2 is 2.05 bits per heavy atom. The normalized spacial score (nSPS) is 13.1. The first-order valence-electron chi connectivity index (χ1n) is 6.77. The Hall–Kier alpha value is -1.36. The number of fused-ring (bicyclic) bond motifs is 1. The zero-order chi connectivity index (χ0) is 14.0. The lowest BCUT2D eigenvalue weighted by Gasteiger charge is -2.23. The van der Waals surface area contributed by atoms with E-state index in [1.165, 1.54) is 0 Å². The summed E-state index contributed by atoms with van der Waals surface area (Å²) >= 11 is 5.45. The quantitative estimate of drug-likeness (QED) is 0.838. The average molecular weight is 279 g/mol. The monoisotopic (exact) mass is 279 g/mol. The van der Waals surface area contributed by atoms with Crippen molar-refractivity contribution in [3.8, 4) is 5.88 Å². The highest BCUT2D eigenvalue weighted by Gasteiger charge is 2.19. The molecule has 0 saturated heterocycles. The minimum atomic E-state index is 0.329. The topological polar surface area (TPSA) is 42.8 Å². The van der Waals surface area contributed by atoms with Crippen molar-refractivity contribution in [3.63, 3.8) is 0 Å². The predicted molar refractivity (Wildman–Crippen MR) is 80.3 cm³/mol. The molecule has 1 unspecified atom stereocenters. The molecule has 2 aromatic heterocycles. The Morgan fingerprint density at radius 1 is 1.37 bits per heavy atom. The smallest absolute Gasteiger partial charge is 0.215 e. The van der Waals surface area contributed by atoms with E-state index in [-0.39, 0.29) is 0 Å². The van der Waals surface area contributed by atoms with Gasteiger partial charge in [0.25, 0.3) is 0 Å². The molecule has 2 rings (SSSR count). The minimum Gasteiger partial charge on any atom is -0.481 e. The van der Waals surface area contributed by atoms with E-state index in [4.69, 9.17) is 17.0 Å². The molecule has 0 aliphatic carbocycles. The highest BCUT2D eigenvalue weighted by Crippen LogP contribution is 2.28. The summed E-state index contributed by atoms with van der Waals surface area (Å²) in [6.07, 6.45) is 2.27. The third-order valence-corrected chi connectivity index (χ3v) is 4.18. The fourth-order valence-electron chi connectivity index (χ4n) is 2.66. The molecule has 0 radical (unpaired) electrons. The number of nitrogens with zero attached hydrogens (tertiary/aromatic N) is 2. The Morgan fingerprint density at radius 3 is 2.63 bits per heavy atom. The van der Waals surface area contributed by atoms with Crippen LogP contribution in [0.2, 0.25) is 0 Å². The zero-order valence-corrected chi connectivity index (χ0v) is 12.8. The highest BCUT2D eigenvalue weighted by atomic mass is 32.1. The number of pyridine rings is 1. The van der Waals surface area contributed by atoms with Gasteiger partial charge in [-0.2, -0.15) is 4.98 Å². The van der Waals surface area contributed by atoms with E-state index in [1.54, 1.807) is 7.11 Å². The Kier molecular flexibility index (Phi) is 4.24. The number of aromatic amines is 1. The van der Waals surface area contributed by atoms with Crippen LogP contribution in [0.15, 0.2) is 12.1 Å². The van der Waals surface area contributed by atoms with Crippen molar-refractivity contribution in [3.05, 3.63) is 16.9 Å². The van der Waals surface area contributed by atoms with Crippen LogP contribution in [0, 0.1) is 10.7 Å². The van der Waals surface area contributed by atoms with Gasteiger partial charge in [-0.15, -0.1) is 0 Å². The predicted octanol–water partition coefficient (Wildman–Crippen LogP) is 4.10. The number of rotatable bonds is 5. The number of imidazole rings is 1. The lowest BCUT2D eigenvalue weighted by molar-refractivity contribution is 0.335. The van der Waals surface area contributed by atoms with Gasteiger partial charge in [-0.1, -0.05) is 26.7 Å². The molecular formula is C14H21N3OS. The zero-order valence-electron chi connectivity index (χ0n) is 11.9. The second-order valence-corrected chi connectivity index (χ2v) is 5.23. The minimum absolute atomic E-state index is 0.329. The summed E-state index contributed by atoms with van der Waals surface area (Å²) in [7, 11) is 1.63. The average Bonchev–Trinajstić information content (AvgIpc) is 2.74. The summed E-state index contributed by atoms with van der Waals surface area (Å²) in [5.41, 5.74) is 1.84. The molecule has 0 aliphatic heterocycles. The van der Waals surface area contributed by atoms with Crippen molar-refractivity contribution in [1.29, 1.82) is 0 Å². The second-order valence-electron chi connectivity index (χ2n) is 4.84. The molecule has 0 amide bonds. The van der Waals surface area contributed by atoms with Crippen LogP contribution >= 0.6 is 12.2 Å². The van der Waals surface area contributed by atoms with E-state index in [1.807, 2.05) is 12.1 Å². The van der Waals surface area contributed by atoms with Crippen LogP contribution in [0.25, 0.3) is 11.2 Å². The molecular weight excluding hydrogens is 258 g/mol. The lowest BCUT2D eigenvalue weighted by Crippen LogP contribution is -2.16. The van der Waals surface area contributed by atoms with Crippen molar-refractivity contribution in [2.75, 3.05) is 7.11 Å². The molecule has 4 nitrogen and oxygen atoms in total. The maximum absolute atomic E-state index is 5.45. The molecule has 5 heteroatoms. The first kappa shape index (κ1) is 14.1. The standard InChI is InChI=1S/C14H21N3OS/c1-5-10(6-2)9(3)17-13-11(15-14(17)19)7-8-12(16-13)18-4/h7-10H,5-6H2,1-4H3,(H,15,19). The third kappa shape index (κ3) is 2.52. The van der Waals surface area contributed by atoms with Crippen molar-refractivity contribution < 1.29 is 4.74 Å². The second kappa shape index (κ2) is 5.74. The van der Waals surface area contributed by atoms with E-state index in [0.29, 0.717) is 17.8 Å². The molecule has 0 spiro atoms.